The summed E-state index contributed by atoms with van der Waals surface area (Å²) in [6.45, 7) is 4.82. The molecule has 29 heavy (non-hydrogen) atoms. The van der Waals surface area contributed by atoms with E-state index in [2.05, 4.69) is 10.6 Å². The monoisotopic (exact) mass is 405 g/mol. The normalized spacial score (nSPS) is 11.2. The zero-order valence-electron chi connectivity index (χ0n) is 16.8. The summed E-state index contributed by atoms with van der Waals surface area (Å²) in [5, 5.41) is 13.6. The van der Waals surface area contributed by atoms with E-state index in [0.29, 0.717) is 24.2 Å². The van der Waals surface area contributed by atoms with Crippen LogP contribution in [0.1, 0.15) is 38.7 Å². The maximum atomic E-state index is 12.5. The maximum absolute atomic E-state index is 12.5. The van der Waals surface area contributed by atoms with E-state index in [9.17, 15) is 14.4 Å². The van der Waals surface area contributed by atoms with Crippen molar-refractivity contribution < 1.29 is 23.9 Å². The largest absolute Gasteiger partial charge is 0.481 e. The predicted molar refractivity (Wildman–Crippen MR) is 110 cm³/mol. The number of nitrogens with one attached hydrogen (secondary N) is 2. The zero-order chi connectivity index (χ0) is 22.0. The summed E-state index contributed by atoms with van der Waals surface area (Å²) in [5.41, 5.74) is 6.74. The molecule has 1 aromatic carbocycles. The second-order valence-electron chi connectivity index (χ2n) is 6.51. The second-order valence-corrected chi connectivity index (χ2v) is 6.51. The fourth-order valence-corrected chi connectivity index (χ4v) is 2.64. The van der Waals surface area contributed by atoms with Gasteiger partial charge in [-0.2, -0.15) is 0 Å². The average molecular weight is 405 g/mol. The molecule has 0 aliphatic carbocycles. The van der Waals surface area contributed by atoms with Crippen LogP contribution in [0, 0.1) is 6.92 Å². The average Bonchev–Trinajstić information content (AvgIpc) is 2.59. The number of carboxylic acids is 1. The lowest BCUT2D eigenvalue weighted by Crippen LogP contribution is -2.42. The fraction of sp³-hybridized carbons (Fsp3) is 0.400. The number of aliphatic carboxylic acids is 1. The van der Waals surface area contributed by atoms with E-state index >= 15 is 0 Å². The van der Waals surface area contributed by atoms with Gasteiger partial charge in [0.05, 0.1) is 0 Å². The van der Waals surface area contributed by atoms with Crippen LogP contribution in [-0.2, 0) is 14.4 Å². The van der Waals surface area contributed by atoms with Crippen LogP contribution in [0.3, 0.4) is 0 Å². The molecule has 9 heteroatoms. The molecule has 0 aliphatic rings. The van der Waals surface area contributed by atoms with Crippen molar-refractivity contribution >= 4 is 34.4 Å². The molecule has 1 heterocycles. The van der Waals surface area contributed by atoms with Gasteiger partial charge in [-0.25, -0.2) is 4.79 Å². The summed E-state index contributed by atoms with van der Waals surface area (Å²) in [6.07, 6.45) is 2.02. The van der Waals surface area contributed by atoms with E-state index in [0.717, 1.165) is 30.7 Å². The Morgan fingerprint density at radius 1 is 1.17 bits per heavy atom. The molecule has 0 saturated carbocycles. The van der Waals surface area contributed by atoms with Gasteiger partial charge in [-0.1, -0.05) is 0 Å². The molecule has 2 amide bonds. The number of hydrogen-bond donors (Lipinski definition) is 4. The molecular formula is C20H27N3O6. The lowest BCUT2D eigenvalue weighted by molar-refractivity contribution is -0.134. The molecule has 2 rings (SSSR count). The first-order valence-electron chi connectivity index (χ1n) is 9.16. The summed E-state index contributed by atoms with van der Waals surface area (Å²) in [6, 6.07) is 5.91. The quantitative estimate of drug-likeness (QED) is 0.404. The Balaban J connectivity index is 0.000000960. The standard InChI is InChI=1S/C18H23N3O4.C2H4O2/c1-11-9-17(23)25-16-10-13(6-7-14(11)16)21-18(24)15(20-12(2)22)5-3-4-8-19;1-2(3)4/h6-7,9-10,15H,3-5,8,19H2,1-2H3,(H,20,22)(H,21,24);1H3,(H,3,4). The molecule has 2 aromatic rings. The Bertz CT molecular complexity index is 918. The summed E-state index contributed by atoms with van der Waals surface area (Å²) in [5.74, 6) is -1.42. The number of anilines is 1. The SMILES string of the molecule is CC(=O)NC(CCCCN)C(=O)Nc1ccc2c(C)cc(=O)oc2c1.CC(=O)O. The van der Waals surface area contributed by atoms with Gasteiger partial charge >= 0.3 is 5.63 Å². The smallest absolute Gasteiger partial charge is 0.336 e. The van der Waals surface area contributed by atoms with Gasteiger partial charge in [0.15, 0.2) is 0 Å². The molecule has 0 bridgehead atoms. The van der Waals surface area contributed by atoms with Gasteiger partial charge < -0.3 is 25.9 Å². The molecule has 0 radical (unpaired) electrons. The number of carbonyl (C=O) groups is 3. The highest BCUT2D eigenvalue weighted by molar-refractivity contribution is 5.98. The molecule has 1 atom stereocenters. The number of fused-ring (bicyclic) bond motifs is 1. The topological polar surface area (TPSA) is 152 Å². The van der Waals surface area contributed by atoms with Crippen molar-refractivity contribution in [1.82, 2.24) is 5.32 Å². The lowest BCUT2D eigenvalue weighted by atomic mass is 10.1. The number of unbranched alkanes of at least 4 members (excludes halogenated alkanes) is 1. The van der Waals surface area contributed by atoms with E-state index in [-0.39, 0.29) is 11.8 Å². The molecule has 9 nitrogen and oxygen atoms in total. The van der Waals surface area contributed by atoms with Crippen LogP contribution in [-0.4, -0.2) is 35.5 Å². The highest BCUT2D eigenvalue weighted by atomic mass is 16.4. The number of amides is 2. The predicted octanol–water partition coefficient (Wildman–Crippen LogP) is 1.76. The molecular weight excluding hydrogens is 378 g/mol. The van der Waals surface area contributed by atoms with Crippen molar-refractivity contribution in [2.45, 2.75) is 46.1 Å². The highest BCUT2D eigenvalue weighted by Gasteiger charge is 2.19. The van der Waals surface area contributed by atoms with Gasteiger partial charge in [0.1, 0.15) is 11.6 Å². The molecule has 0 aliphatic heterocycles. The Morgan fingerprint density at radius 2 is 1.83 bits per heavy atom. The minimum atomic E-state index is -0.833. The zero-order valence-corrected chi connectivity index (χ0v) is 16.8. The Hall–Kier alpha value is -3.20. The van der Waals surface area contributed by atoms with Crippen molar-refractivity contribution in [2.75, 3.05) is 11.9 Å². The number of carbonyl (C=O) groups excluding carboxylic acids is 2. The van der Waals surface area contributed by atoms with Gasteiger partial charge in [0.2, 0.25) is 11.8 Å². The minimum Gasteiger partial charge on any atom is -0.481 e. The minimum absolute atomic E-state index is 0.270. The van der Waals surface area contributed by atoms with Crippen molar-refractivity contribution in [3.05, 3.63) is 40.2 Å². The van der Waals surface area contributed by atoms with Gasteiger partial charge in [-0.05, 0) is 50.4 Å². The molecule has 1 unspecified atom stereocenters. The molecule has 158 valence electrons. The van der Waals surface area contributed by atoms with Gasteiger partial charge in [0, 0.05) is 37.1 Å². The second kappa shape index (κ2) is 11.6. The van der Waals surface area contributed by atoms with E-state index in [1.165, 1.54) is 13.0 Å². The van der Waals surface area contributed by atoms with Crippen molar-refractivity contribution in [2.24, 2.45) is 5.73 Å². The highest BCUT2D eigenvalue weighted by Crippen LogP contribution is 2.21. The van der Waals surface area contributed by atoms with Crippen LogP contribution >= 0.6 is 0 Å². The number of hydrogen-bond acceptors (Lipinski definition) is 6. The van der Waals surface area contributed by atoms with Crippen LogP contribution < -0.4 is 22.0 Å². The van der Waals surface area contributed by atoms with Crippen LogP contribution in [0.25, 0.3) is 11.0 Å². The number of benzene rings is 1. The first-order chi connectivity index (χ1) is 13.6. The fourth-order valence-electron chi connectivity index (χ4n) is 2.64. The van der Waals surface area contributed by atoms with Gasteiger partial charge in [-0.3, -0.25) is 14.4 Å². The molecule has 0 spiro atoms. The van der Waals surface area contributed by atoms with E-state index < -0.39 is 17.6 Å². The lowest BCUT2D eigenvalue weighted by Gasteiger charge is -2.17. The first kappa shape index (κ1) is 23.8. The third kappa shape index (κ3) is 8.56. The first-order valence-corrected chi connectivity index (χ1v) is 9.16. The number of aryl methyl sites for hydroxylation is 1. The molecule has 1 aromatic heterocycles. The van der Waals surface area contributed by atoms with E-state index in [1.807, 2.05) is 6.92 Å². The summed E-state index contributed by atoms with van der Waals surface area (Å²) >= 11 is 0. The summed E-state index contributed by atoms with van der Waals surface area (Å²) < 4.78 is 5.18. The summed E-state index contributed by atoms with van der Waals surface area (Å²) in [4.78, 5) is 44.3. The third-order valence-electron chi connectivity index (χ3n) is 3.86. The van der Waals surface area contributed by atoms with Crippen LogP contribution in [0.4, 0.5) is 5.69 Å². The van der Waals surface area contributed by atoms with E-state index in [4.69, 9.17) is 20.1 Å². The number of nitrogens with two attached hydrogens (primary N) is 1. The molecule has 0 fully saturated rings. The molecule has 0 saturated heterocycles. The van der Waals surface area contributed by atoms with Crippen molar-refractivity contribution in [3.63, 3.8) is 0 Å². The summed E-state index contributed by atoms with van der Waals surface area (Å²) in [7, 11) is 0. The Labute approximate surface area is 168 Å². The maximum Gasteiger partial charge on any atom is 0.336 e. The number of rotatable bonds is 7. The van der Waals surface area contributed by atoms with Crippen LogP contribution in [0.2, 0.25) is 0 Å². The third-order valence-corrected chi connectivity index (χ3v) is 3.86. The number of carboxylic acid groups (broad SMARTS) is 1. The van der Waals surface area contributed by atoms with Crippen LogP contribution in [0.5, 0.6) is 0 Å². The van der Waals surface area contributed by atoms with Crippen molar-refractivity contribution in [3.8, 4) is 0 Å². The van der Waals surface area contributed by atoms with E-state index in [1.54, 1.807) is 18.2 Å². The van der Waals surface area contributed by atoms with Gasteiger partial charge in [0.25, 0.3) is 5.97 Å². The Kier molecular flexibility index (Phi) is 9.54. The van der Waals surface area contributed by atoms with Crippen LogP contribution in [0.15, 0.2) is 33.5 Å². The Morgan fingerprint density at radius 3 is 2.41 bits per heavy atom. The molecule has 5 N–H and O–H groups in total. The van der Waals surface area contributed by atoms with Crippen molar-refractivity contribution in [1.29, 1.82) is 0 Å². The van der Waals surface area contributed by atoms with Gasteiger partial charge in [-0.15, -0.1) is 0 Å².